The number of carbonyl (C=O) groups excluding carboxylic acids is 1. The minimum atomic E-state index is -0.792. The molecule has 0 bridgehead atoms. The van der Waals surface area contributed by atoms with E-state index < -0.39 is 24.1 Å². The third-order valence-corrected chi connectivity index (χ3v) is 5.00. The van der Waals surface area contributed by atoms with Crippen molar-refractivity contribution in [2.45, 2.75) is 43.6 Å². The van der Waals surface area contributed by atoms with Gasteiger partial charge in [-0.1, -0.05) is 12.5 Å². The van der Waals surface area contributed by atoms with Crippen molar-refractivity contribution < 1.29 is 24.1 Å². The minimum Gasteiger partial charge on any atom is -0.394 e. The van der Waals surface area contributed by atoms with Crippen LogP contribution in [0.2, 0.25) is 0 Å². The van der Waals surface area contributed by atoms with Crippen molar-refractivity contribution in [3.8, 4) is 0 Å². The fourth-order valence-corrected chi connectivity index (χ4v) is 3.74. The van der Waals surface area contributed by atoms with E-state index in [2.05, 4.69) is 10.2 Å². The minimum absolute atomic E-state index is 0.198. The van der Waals surface area contributed by atoms with Crippen LogP contribution in [-0.2, 0) is 4.74 Å². The molecule has 0 radical (unpaired) electrons. The van der Waals surface area contributed by atoms with E-state index in [1.165, 1.54) is 24.6 Å². The average molecular weight is 352 g/mol. The number of nitrogens with one attached hydrogen (secondary N) is 1. The van der Waals surface area contributed by atoms with E-state index in [0.29, 0.717) is 0 Å². The normalized spacial score (nSPS) is 30.4. The lowest BCUT2D eigenvalue weighted by atomic mass is 9.99. The molecule has 0 unspecified atom stereocenters. The molecule has 3 rings (SSSR count). The van der Waals surface area contributed by atoms with Crippen LogP contribution in [-0.4, -0.2) is 71.6 Å². The van der Waals surface area contributed by atoms with Crippen LogP contribution in [0, 0.1) is 5.82 Å². The predicted molar refractivity (Wildman–Crippen MR) is 89.7 cm³/mol. The van der Waals surface area contributed by atoms with Crippen LogP contribution in [0.4, 0.5) is 4.39 Å². The van der Waals surface area contributed by atoms with Gasteiger partial charge in [0, 0.05) is 12.1 Å². The summed E-state index contributed by atoms with van der Waals surface area (Å²) in [4.78, 5) is 14.4. The third-order valence-electron chi connectivity index (χ3n) is 5.00. The van der Waals surface area contributed by atoms with E-state index in [-0.39, 0.29) is 30.7 Å². The third kappa shape index (κ3) is 4.17. The maximum absolute atomic E-state index is 13.2. The van der Waals surface area contributed by atoms with Crippen molar-refractivity contribution in [1.29, 1.82) is 0 Å². The lowest BCUT2D eigenvalue weighted by Gasteiger charge is -2.36. The first-order valence-electron chi connectivity index (χ1n) is 8.82. The second-order valence-corrected chi connectivity index (χ2v) is 6.69. The van der Waals surface area contributed by atoms with E-state index in [0.717, 1.165) is 25.9 Å². The molecule has 4 atom stereocenters. The molecule has 3 N–H and O–H groups in total. The molecular weight excluding hydrogens is 327 g/mol. The highest BCUT2D eigenvalue weighted by molar-refractivity contribution is 5.94. The number of benzene rings is 1. The summed E-state index contributed by atoms with van der Waals surface area (Å²) in [7, 11) is 0. The van der Waals surface area contributed by atoms with Gasteiger partial charge in [-0.05, 0) is 44.1 Å². The largest absolute Gasteiger partial charge is 0.394 e. The number of nitrogens with zero attached hydrogens (tertiary/aromatic N) is 1. The summed E-state index contributed by atoms with van der Waals surface area (Å²) >= 11 is 0. The van der Waals surface area contributed by atoms with Gasteiger partial charge in [0.05, 0.1) is 18.8 Å². The van der Waals surface area contributed by atoms with Crippen LogP contribution >= 0.6 is 0 Å². The number of piperidine rings is 1. The van der Waals surface area contributed by atoms with Crippen molar-refractivity contribution in [2.24, 2.45) is 0 Å². The molecule has 6 nitrogen and oxygen atoms in total. The first-order valence-corrected chi connectivity index (χ1v) is 8.82. The zero-order valence-corrected chi connectivity index (χ0v) is 14.1. The zero-order valence-electron chi connectivity index (χ0n) is 14.1. The van der Waals surface area contributed by atoms with Crippen LogP contribution in [0.1, 0.15) is 29.6 Å². The maximum Gasteiger partial charge on any atom is 0.251 e. The molecule has 1 aromatic rings. The van der Waals surface area contributed by atoms with Gasteiger partial charge >= 0.3 is 0 Å². The van der Waals surface area contributed by atoms with E-state index in [1.54, 1.807) is 6.07 Å². The fraction of sp³-hybridized carbons (Fsp3) is 0.611. The van der Waals surface area contributed by atoms with Gasteiger partial charge in [0.1, 0.15) is 18.0 Å². The summed E-state index contributed by atoms with van der Waals surface area (Å²) in [5.74, 6) is -0.853. The molecule has 2 aliphatic heterocycles. The van der Waals surface area contributed by atoms with Gasteiger partial charge in [-0.3, -0.25) is 9.69 Å². The molecule has 1 aromatic carbocycles. The Hall–Kier alpha value is -1.54. The van der Waals surface area contributed by atoms with Crippen molar-refractivity contribution in [3.05, 3.63) is 35.6 Å². The van der Waals surface area contributed by atoms with Crippen molar-refractivity contribution in [2.75, 3.05) is 26.2 Å². The zero-order chi connectivity index (χ0) is 17.8. The molecule has 0 aliphatic carbocycles. The van der Waals surface area contributed by atoms with E-state index in [4.69, 9.17) is 4.74 Å². The number of rotatable bonds is 5. The summed E-state index contributed by atoms with van der Waals surface area (Å²) < 4.78 is 19.0. The summed E-state index contributed by atoms with van der Waals surface area (Å²) in [6.45, 7) is 1.68. The Morgan fingerprint density at radius 2 is 2.04 bits per heavy atom. The number of halogens is 1. The Balaban J connectivity index is 1.65. The summed E-state index contributed by atoms with van der Waals surface area (Å²) in [6, 6.07) is 5.23. The molecule has 2 aliphatic rings. The SMILES string of the molecule is O=C(NC[C@@H]1O[C@@H](CO)[C@@H](O)[C@H]1N1CCCCC1)c1cccc(F)c1. The van der Waals surface area contributed by atoms with Gasteiger partial charge in [-0.15, -0.1) is 0 Å². The van der Waals surface area contributed by atoms with Gasteiger partial charge in [0.15, 0.2) is 0 Å². The van der Waals surface area contributed by atoms with Gasteiger partial charge < -0.3 is 20.3 Å². The first kappa shape index (κ1) is 18.3. The molecule has 0 aromatic heterocycles. The van der Waals surface area contributed by atoms with E-state index in [1.807, 2.05) is 0 Å². The number of ether oxygens (including phenoxy) is 1. The summed E-state index contributed by atoms with van der Waals surface area (Å²) in [5, 5.41) is 22.7. The highest BCUT2D eigenvalue weighted by atomic mass is 19.1. The average Bonchev–Trinajstić information content (AvgIpc) is 2.96. The number of aliphatic hydroxyl groups is 2. The Morgan fingerprint density at radius 3 is 2.72 bits per heavy atom. The van der Waals surface area contributed by atoms with Gasteiger partial charge in [0.25, 0.3) is 5.91 Å². The van der Waals surface area contributed by atoms with Gasteiger partial charge in [-0.2, -0.15) is 0 Å². The Labute approximate surface area is 146 Å². The number of amides is 1. The first-order chi connectivity index (χ1) is 12.1. The molecule has 0 spiro atoms. The topological polar surface area (TPSA) is 82.0 Å². The number of hydrogen-bond donors (Lipinski definition) is 3. The standard InChI is InChI=1S/C18H25FN2O4/c19-13-6-4-5-12(9-13)18(24)20-10-14-16(17(23)15(11-22)25-14)21-7-2-1-3-8-21/h4-6,9,14-17,22-23H,1-3,7-8,10-11H2,(H,20,24)/t14-,15-,16-,17+/m0/s1. The van der Waals surface area contributed by atoms with Crippen LogP contribution in [0.15, 0.2) is 24.3 Å². The van der Waals surface area contributed by atoms with E-state index in [9.17, 15) is 19.4 Å². The Kier molecular flexibility index (Phi) is 6.01. The van der Waals surface area contributed by atoms with E-state index >= 15 is 0 Å². The monoisotopic (exact) mass is 352 g/mol. The van der Waals surface area contributed by atoms with Crippen molar-refractivity contribution in [1.82, 2.24) is 10.2 Å². The van der Waals surface area contributed by atoms with Crippen molar-refractivity contribution >= 4 is 5.91 Å². The lowest BCUT2D eigenvalue weighted by Crippen LogP contribution is -2.52. The second kappa shape index (κ2) is 8.23. The molecule has 1 amide bonds. The smallest absolute Gasteiger partial charge is 0.251 e. The quantitative estimate of drug-likeness (QED) is 0.720. The number of aliphatic hydroxyl groups excluding tert-OH is 2. The molecule has 25 heavy (non-hydrogen) atoms. The second-order valence-electron chi connectivity index (χ2n) is 6.69. The lowest BCUT2D eigenvalue weighted by molar-refractivity contribution is -0.0209. The van der Waals surface area contributed by atoms with Crippen LogP contribution < -0.4 is 5.32 Å². The molecule has 138 valence electrons. The Morgan fingerprint density at radius 1 is 1.28 bits per heavy atom. The highest BCUT2D eigenvalue weighted by Crippen LogP contribution is 2.28. The Bertz CT molecular complexity index is 594. The van der Waals surface area contributed by atoms with Crippen LogP contribution in [0.3, 0.4) is 0 Å². The molecular formula is C18H25FN2O4. The molecule has 2 heterocycles. The molecule has 2 fully saturated rings. The van der Waals surface area contributed by atoms with Crippen LogP contribution in [0.25, 0.3) is 0 Å². The summed E-state index contributed by atoms with van der Waals surface area (Å²) in [6.07, 6.45) is 1.44. The fourth-order valence-electron chi connectivity index (χ4n) is 3.74. The molecule has 0 saturated carbocycles. The maximum atomic E-state index is 13.2. The molecule has 7 heteroatoms. The predicted octanol–water partition coefficient (Wildman–Crippen LogP) is 0.531. The van der Waals surface area contributed by atoms with Gasteiger partial charge in [-0.25, -0.2) is 4.39 Å². The highest BCUT2D eigenvalue weighted by Gasteiger charge is 2.46. The molecule has 2 saturated heterocycles. The number of likely N-dealkylation sites (tertiary alicyclic amines) is 1. The number of hydrogen-bond acceptors (Lipinski definition) is 5. The van der Waals surface area contributed by atoms with Crippen molar-refractivity contribution in [3.63, 3.8) is 0 Å². The summed E-state index contributed by atoms with van der Waals surface area (Å²) in [5.41, 5.74) is 0.242. The van der Waals surface area contributed by atoms with Gasteiger partial charge in [0.2, 0.25) is 0 Å². The van der Waals surface area contributed by atoms with Crippen LogP contribution in [0.5, 0.6) is 0 Å². The number of carbonyl (C=O) groups is 1.